The Labute approximate surface area is 304 Å². The summed E-state index contributed by atoms with van der Waals surface area (Å²) in [5.41, 5.74) is 14.0. The van der Waals surface area contributed by atoms with E-state index in [0.717, 1.165) is 25.0 Å². The van der Waals surface area contributed by atoms with Crippen molar-refractivity contribution in [3.05, 3.63) is 174 Å². The summed E-state index contributed by atoms with van der Waals surface area (Å²) >= 11 is 1.89. The van der Waals surface area contributed by atoms with Gasteiger partial charge in [-0.05, 0) is 103 Å². The number of ether oxygens (including phenoxy) is 1. The van der Waals surface area contributed by atoms with E-state index >= 15 is 0 Å². The Morgan fingerprint density at radius 3 is 2.13 bits per heavy atom. The highest BCUT2D eigenvalue weighted by Crippen LogP contribution is 2.47. The maximum absolute atomic E-state index is 6.56. The number of thiophene rings is 1. The quantitative estimate of drug-likeness (QED) is 0.181. The normalized spacial score (nSPS) is 16.5. The standard InChI is InChI=1S/C48H32N2OS/c1-3-11-31(12-4-1)49-41-17-9-7-15-33(41)36-26-40-39-24-30(20-22-47(39)52-48(40)28-44(36)49)29-19-21-42-35(23-29)37-25-38-34-16-8-10-18-45(34)51-46(38)27-43(37)50(42)32-13-5-2-6-14-32/h1-7,9-15,17-26,28,46H,8,16,27H2. The van der Waals surface area contributed by atoms with Crippen molar-refractivity contribution in [1.29, 1.82) is 0 Å². The third-order valence-corrected chi connectivity index (χ3v) is 12.6. The number of nitrogens with zero attached hydrogens (tertiary/aromatic N) is 2. The number of benzene rings is 6. The minimum absolute atomic E-state index is 0.0777. The predicted molar refractivity (Wildman–Crippen MR) is 218 cm³/mol. The van der Waals surface area contributed by atoms with E-state index in [1.165, 1.54) is 97.8 Å². The number of fused-ring (bicyclic) bond motifs is 11. The summed E-state index contributed by atoms with van der Waals surface area (Å²) in [6.07, 6.45) is 9.95. The molecule has 0 saturated carbocycles. The zero-order valence-corrected chi connectivity index (χ0v) is 29.2. The Morgan fingerprint density at radius 1 is 0.577 bits per heavy atom. The van der Waals surface area contributed by atoms with Gasteiger partial charge in [0, 0.05) is 76.5 Å². The van der Waals surface area contributed by atoms with Crippen LogP contribution in [-0.4, -0.2) is 15.2 Å². The van der Waals surface area contributed by atoms with Crippen LogP contribution in [0, 0.1) is 0 Å². The van der Waals surface area contributed by atoms with Crippen LogP contribution in [0.3, 0.4) is 0 Å². The van der Waals surface area contributed by atoms with Crippen LogP contribution in [0.4, 0.5) is 0 Å². The second-order valence-corrected chi connectivity index (χ2v) is 15.4. The molecule has 12 rings (SSSR count). The number of allylic oxidation sites excluding steroid dienone is 2. The summed E-state index contributed by atoms with van der Waals surface area (Å²) in [7, 11) is 0. The fourth-order valence-electron chi connectivity index (χ4n) is 9.17. The number of rotatable bonds is 3. The van der Waals surface area contributed by atoms with Crippen molar-refractivity contribution in [3.63, 3.8) is 0 Å². The van der Waals surface area contributed by atoms with Gasteiger partial charge in [-0.3, -0.25) is 0 Å². The molecule has 4 heterocycles. The van der Waals surface area contributed by atoms with E-state index in [1.54, 1.807) is 0 Å². The van der Waals surface area contributed by atoms with Gasteiger partial charge in [-0.1, -0.05) is 72.8 Å². The lowest BCUT2D eigenvalue weighted by molar-refractivity contribution is 0.174. The molecule has 0 bridgehead atoms. The van der Waals surface area contributed by atoms with Crippen LogP contribution in [0.2, 0.25) is 0 Å². The minimum atomic E-state index is 0.0777. The zero-order chi connectivity index (χ0) is 33.9. The maximum Gasteiger partial charge on any atom is 0.130 e. The van der Waals surface area contributed by atoms with Crippen LogP contribution >= 0.6 is 11.3 Å². The molecular formula is C48H32N2OS. The van der Waals surface area contributed by atoms with Crippen molar-refractivity contribution < 1.29 is 4.74 Å². The van der Waals surface area contributed by atoms with Crippen molar-refractivity contribution in [2.24, 2.45) is 0 Å². The van der Waals surface area contributed by atoms with Crippen molar-refractivity contribution >= 4 is 70.3 Å². The fraction of sp³-hybridized carbons (Fsp3) is 0.0833. The van der Waals surface area contributed by atoms with Gasteiger partial charge in [-0.25, -0.2) is 0 Å². The molecular weight excluding hydrogens is 653 g/mol. The molecule has 0 fully saturated rings. The van der Waals surface area contributed by atoms with E-state index < -0.39 is 0 Å². The largest absolute Gasteiger partial charge is 0.485 e. The molecule has 4 heteroatoms. The third-order valence-electron chi connectivity index (χ3n) is 11.5. The molecule has 6 aromatic carbocycles. The molecule has 0 saturated heterocycles. The zero-order valence-electron chi connectivity index (χ0n) is 28.3. The number of aromatic nitrogens is 2. The summed E-state index contributed by atoms with van der Waals surface area (Å²) in [6.45, 7) is 0. The minimum Gasteiger partial charge on any atom is -0.485 e. The van der Waals surface area contributed by atoms with Crippen molar-refractivity contribution in [3.8, 4) is 22.5 Å². The molecule has 0 amide bonds. The first kappa shape index (κ1) is 28.6. The van der Waals surface area contributed by atoms with Crippen LogP contribution in [0.25, 0.3) is 81.5 Å². The molecule has 3 aliphatic rings. The average Bonchev–Trinajstić information content (AvgIpc) is 3.93. The molecule has 1 aliphatic heterocycles. The fourth-order valence-corrected chi connectivity index (χ4v) is 10.3. The van der Waals surface area contributed by atoms with Gasteiger partial charge in [0.05, 0.1) is 16.6 Å². The summed E-state index contributed by atoms with van der Waals surface area (Å²) in [6, 6.07) is 49.3. The van der Waals surface area contributed by atoms with Gasteiger partial charge in [-0.2, -0.15) is 0 Å². The molecule has 3 aromatic heterocycles. The Morgan fingerprint density at radius 2 is 1.29 bits per heavy atom. The van der Waals surface area contributed by atoms with Gasteiger partial charge in [0.1, 0.15) is 11.9 Å². The molecule has 0 N–H and O–H groups in total. The SMILES string of the molecule is C1=CC2=C(CC1)C1=Cc3c(n(-c4ccccc4)c4ccc(-c5ccc6sc7cc8c(cc7c6c5)c5ccccc5n8-c5ccccc5)cc34)CC1O2. The van der Waals surface area contributed by atoms with Gasteiger partial charge in [0.25, 0.3) is 0 Å². The van der Waals surface area contributed by atoms with Crippen LogP contribution in [-0.2, 0) is 11.2 Å². The monoisotopic (exact) mass is 684 g/mol. The Balaban J connectivity index is 1.05. The van der Waals surface area contributed by atoms with E-state index in [-0.39, 0.29) is 6.10 Å². The van der Waals surface area contributed by atoms with E-state index in [2.05, 4.69) is 161 Å². The third kappa shape index (κ3) is 4.01. The lowest BCUT2D eigenvalue weighted by atomic mass is 9.87. The molecule has 9 aromatic rings. The smallest absolute Gasteiger partial charge is 0.130 e. The van der Waals surface area contributed by atoms with Crippen LogP contribution in [0.5, 0.6) is 0 Å². The van der Waals surface area contributed by atoms with Crippen molar-refractivity contribution in [2.45, 2.75) is 25.4 Å². The van der Waals surface area contributed by atoms with Crippen LogP contribution in [0.1, 0.15) is 24.1 Å². The van der Waals surface area contributed by atoms with Gasteiger partial charge in [0.15, 0.2) is 0 Å². The maximum atomic E-state index is 6.56. The first-order valence-electron chi connectivity index (χ1n) is 18.2. The first-order valence-corrected chi connectivity index (χ1v) is 19.0. The molecule has 52 heavy (non-hydrogen) atoms. The van der Waals surface area contributed by atoms with Crippen LogP contribution in [0.15, 0.2) is 163 Å². The van der Waals surface area contributed by atoms with E-state index in [4.69, 9.17) is 4.74 Å². The van der Waals surface area contributed by atoms with Crippen LogP contribution < -0.4 is 0 Å². The van der Waals surface area contributed by atoms with Crippen molar-refractivity contribution in [1.82, 2.24) is 9.13 Å². The molecule has 2 aliphatic carbocycles. The summed E-state index contributed by atoms with van der Waals surface area (Å²) in [5.74, 6) is 1.07. The molecule has 3 nitrogen and oxygen atoms in total. The van der Waals surface area contributed by atoms with E-state index in [1.807, 2.05) is 11.3 Å². The summed E-state index contributed by atoms with van der Waals surface area (Å²) in [4.78, 5) is 0. The summed E-state index contributed by atoms with van der Waals surface area (Å²) in [5, 5.41) is 6.52. The molecule has 0 radical (unpaired) electrons. The molecule has 0 spiro atoms. The second-order valence-electron chi connectivity index (χ2n) is 14.3. The molecule has 1 atom stereocenters. The van der Waals surface area contributed by atoms with Gasteiger partial charge in [-0.15, -0.1) is 11.3 Å². The van der Waals surface area contributed by atoms with Gasteiger partial charge >= 0.3 is 0 Å². The van der Waals surface area contributed by atoms with Gasteiger partial charge < -0.3 is 13.9 Å². The molecule has 1 unspecified atom stereocenters. The highest BCUT2D eigenvalue weighted by atomic mass is 32.1. The highest BCUT2D eigenvalue weighted by Gasteiger charge is 2.36. The molecule has 246 valence electrons. The lowest BCUT2D eigenvalue weighted by Gasteiger charge is -2.21. The van der Waals surface area contributed by atoms with Gasteiger partial charge in [0.2, 0.25) is 0 Å². The highest BCUT2D eigenvalue weighted by molar-refractivity contribution is 7.25. The van der Waals surface area contributed by atoms with E-state index in [9.17, 15) is 0 Å². The summed E-state index contributed by atoms with van der Waals surface area (Å²) < 4.78 is 14.1. The Hall–Kier alpha value is -6.10. The van der Waals surface area contributed by atoms with E-state index in [0.29, 0.717) is 0 Å². The Kier molecular flexibility index (Phi) is 5.88. The topological polar surface area (TPSA) is 19.1 Å². The first-order chi connectivity index (χ1) is 25.8. The number of para-hydroxylation sites is 3. The predicted octanol–water partition coefficient (Wildman–Crippen LogP) is 12.7. The number of hydrogen-bond donors (Lipinski definition) is 0. The lowest BCUT2D eigenvalue weighted by Crippen LogP contribution is -2.19. The van der Waals surface area contributed by atoms with Crippen molar-refractivity contribution in [2.75, 3.05) is 0 Å². The average molecular weight is 685 g/mol. The second kappa shape index (κ2) is 10.7. The number of hydrogen-bond acceptors (Lipinski definition) is 2. The Bertz CT molecular complexity index is 3060.